The number of Topliss-reactive ketones (excluding diaryl/α,β-unsaturated/α-hetero) is 1. The zero-order valence-electron chi connectivity index (χ0n) is 44.2. The molecule has 12 atom stereocenters. The summed E-state index contributed by atoms with van der Waals surface area (Å²) in [6, 6.07) is 13.8. The lowest BCUT2D eigenvalue weighted by molar-refractivity contribution is -0.121. The molecule has 4 aliphatic heterocycles. The molecule has 0 saturated heterocycles. The number of aryl methyl sites for hydroxylation is 2. The molecule has 0 radical (unpaired) electrons. The van der Waals surface area contributed by atoms with Crippen LogP contribution in [0.15, 0.2) is 47.5 Å². The first-order valence-electron chi connectivity index (χ1n) is 27.6. The van der Waals surface area contributed by atoms with Crippen molar-refractivity contribution in [3.8, 4) is 46.7 Å². The second-order valence-corrected chi connectivity index (χ2v) is 25.3. The Kier molecular flexibility index (Phi) is 17.1. The van der Waals surface area contributed by atoms with Gasteiger partial charge in [-0.05, 0) is 122 Å². The summed E-state index contributed by atoms with van der Waals surface area (Å²) < 4.78 is 25.4. The van der Waals surface area contributed by atoms with Crippen LogP contribution in [0, 0.1) is 52.8 Å². The van der Waals surface area contributed by atoms with Crippen molar-refractivity contribution in [2.45, 2.75) is 158 Å². The molecule has 9 N–H and O–H groups in total. The van der Waals surface area contributed by atoms with Crippen molar-refractivity contribution in [1.82, 2.24) is 10.6 Å². The highest BCUT2D eigenvalue weighted by molar-refractivity contribution is 8.76. The molecule has 0 unspecified atom stereocenters. The number of fused-ring (bicyclic) bond motifs is 11. The molecule has 14 nitrogen and oxygen atoms in total. The molecule has 3 aromatic carbocycles. The van der Waals surface area contributed by atoms with Crippen molar-refractivity contribution in [3.63, 3.8) is 0 Å². The number of nitrogens with one attached hydrogen (secondary N) is 2. The van der Waals surface area contributed by atoms with Gasteiger partial charge in [0.1, 0.15) is 12.5 Å². The Hall–Kier alpha value is -4.62. The molecular formula is C60H76N4O10S2. The van der Waals surface area contributed by atoms with Gasteiger partial charge in [0.2, 0.25) is 6.29 Å². The Bertz CT molecular complexity index is 2770. The zero-order chi connectivity index (χ0) is 53.1. The monoisotopic (exact) mass is 1080 g/mol. The van der Waals surface area contributed by atoms with E-state index in [9.17, 15) is 30.3 Å². The van der Waals surface area contributed by atoms with Crippen molar-refractivity contribution in [1.29, 1.82) is 0 Å². The highest BCUT2D eigenvalue weighted by Gasteiger charge is 2.61. The van der Waals surface area contributed by atoms with Crippen LogP contribution in [-0.4, -0.2) is 112 Å². The number of guanidine groups is 1. The van der Waals surface area contributed by atoms with Crippen LogP contribution in [0.3, 0.4) is 0 Å². The van der Waals surface area contributed by atoms with E-state index in [4.69, 9.17) is 29.7 Å². The largest absolute Gasteiger partial charge is 0.504 e. The third-order valence-electron chi connectivity index (χ3n) is 18.1. The Morgan fingerprint density at radius 3 is 2.61 bits per heavy atom. The first-order valence-corrected chi connectivity index (χ1v) is 30.0. The van der Waals surface area contributed by atoms with Crippen LogP contribution in [0.2, 0.25) is 0 Å². The number of nitrogens with two attached hydrogens (primary N) is 1. The summed E-state index contributed by atoms with van der Waals surface area (Å²) >= 11 is 0. The maximum Gasteiger partial charge on any atom is 0.201 e. The predicted molar refractivity (Wildman–Crippen MR) is 296 cm³/mol. The number of phenols is 1. The Balaban J connectivity index is 1.15. The van der Waals surface area contributed by atoms with Gasteiger partial charge in [0.05, 0.1) is 36.5 Å². The number of ketones is 1. The lowest BCUT2D eigenvalue weighted by Gasteiger charge is -2.60. The van der Waals surface area contributed by atoms with Crippen LogP contribution in [0.4, 0.5) is 0 Å². The van der Waals surface area contributed by atoms with Gasteiger partial charge in [0.25, 0.3) is 0 Å². The maximum atomic E-state index is 13.4. The number of aliphatic hydroxyl groups excluding tert-OH is 4. The zero-order valence-corrected chi connectivity index (χ0v) is 45.8. The molecular weight excluding hydrogens is 1000 g/mol. The lowest BCUT2D eigenvalue weighted by atomic mass is 9.47. The number of carbonyl (C=O) groups excluding carboxylic acids is 1. The van der Waals surface area contributed by atoms with E-state index in [0.717, 1.165) is 55.4 Å². The maximum absolute atomic E-state index is 13.4. The summed E-state index contributed by atoms with van der Waals surface area (Å²) in [4.78, 5) is 18.5. The average Bonchev–Trinajstić information content (AvgIpc) is 3.98. The SMILES string of the molecule is CO[C@H](CO)CC[C@H]1[C@H]2C[C@@]3(CCC[C@H]3c3ccccc32)C[C@@]12CC#C[C@H]1NC(N)=N[C@@H](C(C)C)CSSC[C@H]1[C@@H]1Cc3c4cc(c(c3O[C@H]1O)OCN2)CC#Cc1c(ccc(O)c1OCO)CCC(=O)C[C@H](O)CC4. The van der Waals surface area contributed by atoms with Crippen molar-refractivity contribution in [2.75, 3.05) is 38.7 Å². The first kappa shape index (κ1) is 54.7. The number of aliphatic imine (C=N–C) groups is 1. The summed E-state index contributed by atoms with van der Waals surface area (Å²) in [5.41, 5.74) is 12.7. The minimum absolute atomic E-state index is 0.00330. The number of rotatable bonds is 8. The third-order valence-corrected chi connectivity index (χ3v) is 20.6. The molecule has 4 heterocycles. The fourth-order valence-corrected chi connectivity index (χ4v) is 17.1. The number of methoxy groups -OCH3 is 1. The fraction of sp³-hybridized carbons (Fsp3) is 0.600. The molecule has 8 bridgehead atoms. The van der Waals surface area contributed by atoms with Gasteiger partial charge in [-0.25, -0.2) is 4.99 Å². The van der Waals surface area contributed by atoms with E-state index in [1.165, 1.54) is 17.2 Å². The van der Waals surface area contributed by atoms with Crippen LogP contribution >= 0.6 is 21.6 Å². The van der Waals surface area contributed by atoms with E-state index < -0.39 is 36.7 Å². The topological polar surface area (TPSA) is 218 Å². The summed E-state index contributed by atoms with van der Waals surface area (Å²) in [6.45, 7) is 3.63. The molecule has 0 amide bonds. The second kappa shape index (κ2) is 23.8. The molecule has 408 valence electrons. The first-order chi connectivity index (χ1) is 36.8. The van der Waals surface area contributed by atoms with Crippen molar-refractivity contribution in [3.05, 3.63) is 81.4 Å². The summed E-state index contributed by atoms with van der Waals surface area (Å²) in [7, 11) is 5.19. The normalized spacial score (nSPS) is 31.7. The number of aliphatic hydroxyl groups is 4. The number of benzene rings is 3. The number of hydrogen-bond donors (Lipinski definition) is 8. The fourth-order valence-electron chi connectivity index (χ4n) is 14.3. The Morgan fingerprint density at radius 1 is 0.974 bits per heavy atom. The van der Waals surface area contributed by atoms with E-state index in [1.807, 2.05) is 0 Å². The molecule has 3 aromatic rings. The molecule has 4 aliphatic carbocycles. The van der Waals surface area contributed by atoms with Gasteiger partial charge in [-0.15, -0.1) is 0 Å². The quantitative estimate of drug-likeness (QED) is 0.0647. The summed E-state index contributed by atoms with van der Waals surface area (Å²) in [5.74, 6) is 16.7. The number of nitrogens with zero attached hydrogens (tertiary/aromatic N) is 1. The Labute approximate surface area is 455 Å². The minimum atomic E-state index is -1.26. The van der Waals surface area contributed by atoms with E-state index in [2.05, 4.69) is 78.5 Å². The molecule has 76 heavy (non-hydrogen) atoms. The van der Waals surface area contributed by atoms with Gasteiger partial charge in [-0.2, -0.15) is 0 Å². The molecule has 2 saturated carbocycles. The highest BCUT2D eigenvalue weighted by atomic mass is 33.1. The van der Waals surface area contributed by atoms with Crippen LogP contribution in [0.5, 0.6) is 23.0 Å². The van der Waals surface area contributed by atoms with Gasteiger partial charge in [-0.3, -0.25) is 10.1 Å². The van der Waals surface area contributed by atoms with Crippen LogP contribution in [0.25, 0.3) is 0 Å². The molecule has 0 aromatic heterocycles. The molecule has 2 spiro atoms. The number of carbonyl (C=O) groups is 1. The van der Waals surface area contributed by atoms with E-state index >= 15 is 0 Å². The van der Waals surface area contributed by atoms with Gasteiger partial charge < -0.3 is 55.5 Å². The lowest BCUT2D eigenvalue weighted by Crippen LogP contribution is -2.62. The molecule has 11 rings (SSSR count). The predicted octanol–water partition coefficient (Wildman–Crippen LogP) is 7.01. The number of phenolic OH excluding ortho intramolecular Hbond substituents is 1. The van der Waals surface area contributed by atoms with E-state index in [0.29, 0.717) is 84.3 Å². The summed E-state index contributed by atoms with van der Waals surface area (Å²) in [5, 5.41) is 63.0. The summed E-state index contributed by atoms with van der Waals surface area (Å²) in [6.07, 6.45) is 6.53. The van der Waals surface area contributed by atoms with Crippen LogP contribution in [-0.2, 0) is 35.2 Å². The van der Waals surface area contributed by atoms with Gasteiger partial charge in [0, 0.05) is 72.8 Å². The third kappa shape index (κ3) is 11.2. The van der Waals surface area contributed by atoms with Gasteiger partial charge in [0.15, 0.2) is 35.8 Å². The Morgan fingerprint density at radius 2 is 1.80 bits per heavy atom. The smallest absolute Gasteiger partial charge is 0.201 e. The van der Waals surface area contributed by atoms with Gasteiger partial charge >= 0.3 is 0 Å². The molecule has 8 aliphatic rings. The van der Waals surface area contributed by atoms with E-state index in [-0.39, 0.29) is 91.1 Å². The van der Waals surface area contributed by atoms with Crippen LogP contribution < -0.4 is 30.6 Å². The van der Waals surface area contributed by atoms with Crippen molar-refractivity contribution in [2.24, 2.45) is 39.8 Å². The van der Waals surface area contributed by atoms with Gasteiger partial charge in [-0.1, -0.05) is 102 Å². The number of hydrogen-bond acceptors (Lipinski definition) is 16. The standard InChI is InChI=1S/C60H76N4O10S2/c1-35(2)52-31-76-75-30-48-46-27-45-37-16-19-40(68)26-39(67)18-15-36-17-22-53(69)55(73-34-66)42(36)12-6-9-38(25-37)54(56(45)74-57(46)70)72-33-62-60(24-8-14-51(48)63-58(61)64-52)32-59-23-7-13-49(59)44-11-5-4-10-43(44)47(28-59)50(60)21-20-41(29-65)71-3/h4-5,10-11,17,22,25,35,40-41,46-52,57,62,65-66,68-70H,7,9,13,15-16,18-21,23-24,26-34H2,1-3H3,(H3,61,63,64)/t40-,41+,46+,47+,48+,49+,50+,51-,52-,57-,59+,60+/m1/s1. The minimum Gasteiger partial charge on any atom is -0.504 e. The van der Waals surface area contributed by atoms with E-state index in [1.54, 1.807) is 34.8 Å². The average molecular weight is 1080 g/mol. The second-order valence-electron chi connectivity index (χ2n) is 22.8. The number of ether oxygens (including phenoxy) is 4. The molecule has 16 heteroatoms. The van der Waals surface area contributed by atoms with Crippen molar-refractivity contribution < 1.29 is 49.3 Å². The number of aromatic hydroxyl groups is 1. The molecule has 2 fully saturated rings. The highest BCUT2D eigenvalue weighted by Crippen LogP contribution is 2.68. The van der Waals surface area contributed by atoms with Crippen molar-refractivity contribution >= 4 is 33.3 Å². The van der Waals surface area contributed by atoms with Crippen LogP contribution in [0.1, 0.15) is 135 Å².